The van der Waals surface area contributed by atoms with E-state index in [1.807, 2.05) is 0 Å². The predicted octanol–water partition coefficient (Wildman–Crippen LogP) is 2.56. The molecule has 0 aromatic rings. The van der Waals surface area contributed by atoms with Crippen LogP contribution in [-0.2, 0) is 4.74 Å². The Hall–Kier alpha value is -0.730. The van der Waals surface area contributed by atoms with Gasteiger partial charge in [-0.2, -0.15) is 0 Å². The van der Waals surface area contributed by atoms with Gasteiger partial charge >= 0.3 is 6.09 Å². The first-order chi connectivity index (χ1) is 6.91. The molecule has 3 heteroatoms. The highest BCUT2D eigenvalue weighted by Gasteiger charge is 2.62. The molecule has 0 radical (unpaired) electrons. The van der Waals surface area contributed by atoms with Crippen LogP contribution in [0.2, 0.25) is 0 Å². The van der Waals surface area contributed by atoms with E-state index in [2.05, 4.69) is 26.1 Å². The fourth-order valence-corrected chi connectivity index (χ4v) is 3.50. The van der Waals surface area contributed by atoms with Crippen molar-refractivity contribution in [1.29, 1.82) is 0 Å². The van der Waals surface area contributed by atoms with Gasteiger partial charge in [0.15, 0.2) is 0 Å². The van der Waals surface area contributed by atoms with E-state index in [4.69, 9.17) is 4.74 Å². The number of hydrogen-bond acceptors (Lipinski definition) is 2. The fraction of sp³-hybridized carbons (Fsp3) is 0.917. The molecular formula is C12H21NO2. The van der Waals surface area contributed by atoms with Crippen molar-refractivity contribution in [3.05, 3.63) is 0 Å². The second-order valence-corrected chi connectivity index (χ2v) is 5.75. The van der Waals surface area contributed by atoms with Gasteiger partial charge in [0, 0.05) is 12.5 Å². The topological polar surface area (TPSA) is 38.3 Å². The van der Waals surface area contributed by atoms with Gasteiger partial charge in [0.2, 0.25) is 0 Å². The Kier molecular flexibility index (Phi) is 2.25. The summed E-state index contributed by atoms with van der Waals surface area (Å²) in [7, 11) is 1.61. The van der Waals surface area contributed by atoms with Gasteiger partial charge in [-0.25, -0.2) is 4.79 Å². The average Bonchev–Trinajstić information content (AvgIpc) is 2.50. The molecule has 1 N–H and O–H groups in total. The number of carbonyl (C=O) groups is 1. The van der Waals surface area contributed by atoms with Crippen LogP contribution in [0.15, 0.2) is 0 Å². The summed E-state index contributed by atoms with van der Waals surface area (Å²) in [5, 5.41) is 2.53. The minimum absolute atomic E-state index is 0.103. The number of hydrogen-bond donors (Lipinski definition) is 1. The van der Waals surface area contributed by atoms with Crippen molar-refractivity contribution in [3.63, 3.8) is 0 Å². The van der Waals surface area contributed by atoms with Gasteiger partial charge in [-0.15, -0.1) is 0 Å². The molecule has 0 aliphatic heterocycles. The van der Waals surface area contributed by atoms with E-state index in [0.717, 1.165) is 12.3 Å². The van der Waals surface area contributed by atoms with Gasteiger partial charge in [0.05, 0.1) is 0 Å². The van der Waals surface area contributed by atoms with Crippen molar-refractivity contribution in [3.8, 4) is 0 Å². The Morgan fingerprint density at radius 1 is 1.40 bits per heavy atom. The molecule has 0 unspecified atom stereocenters. The lowest BCUT2D eigenvalue weighted by molar-refractivity contribution is -0.00345. The summed E-state index contributed by atoms with van der Waals surface area (Å²) in [4.78, 5) is 11.3. The molecule has 86 valence electrons. The monoisotopic (exact) mass is 211 g/mol. The summed E-state index contributed by atoms with van der Waals surface area (Å²) in [6.07, 6.45) is 3.33. The molecule has 2 rings (SSSR count). The van der Waals surface area contributed by atoms with Crippen LogP contribution >= 0.6 is 0 Å². The zero-order valence-corrected chi connectivity index (χ0v) is 10.1. The zero-order valence-electron chi connectivity index (χ0n) is 10.1. The van der Waals surface area contributed by atoms with Gasteiger partial charge in [-0.1, -0.05) is 20.8 Å². The largest absolute Gasteiger partial charge is 0.446 e. The summed E-state index contributed by atoms with van der Waals surface area (Å²) in [6, 6.07) is 0. The van der Waals surface area contributed by atoms with Crippen molar-refractivity contribution < 1.29 is 9.53 Å². The van der Waals surface area contributed by atoms with Crippen molar-refractivity contribution in [2.24, 2.45) is 16.7 Å². The van der Waals surface area contributed by atoms with E-state index in [1.54, 1.807) is 7.05 Å². The van der Waals surface area contributed by atoms with Crippen LogP contribution in [0.3, 0.4) is 0 Å². The van der Waals surface area contributed by atoms with E-state index in [1.165, 1.54) is 12.8 Å². The predicted molar refractivity (Wildman–Crippen MR) is 58.6 cm³/mol. The first-order valence-electron chi connectivity index (χ1n) is 5.80. The molecule has 2 bridgehead atoms. The standard InChI is InChI=1S/C12H21NO2/c1-11(2)8-5-6-12(11,3)9(7-8)15-10(14)13-4/h8-9H,5-7H2,1-4H3,(H,13,14)/t8-,9+,12+/m0/s1. The minimum Gasteiger partial charge on any atom is -0.446 e. The lowest BCUT2D eigenvalue weighted by Crippen LogP contribution is -2.39. The molecule has 15 heavy (non-hydrogen) atoms. The highest BCUT2D eigenvalue weighted by Crippen LogP contribution is 2.66. The third-order valence-corrected chi connectivity index (χ3v) is 5.17. The number of nitrogens with one attached hydrogen (secondary N) is 1. The number of ether oxygens (including phenoxy) is 1. The fourth-order valence-electron chi connectivity index (χ4n) is 3.50. The lowest BCUT2D eigenvalue weighted by atomic mass is 9.70. The van der Waals surface area contributed by atoms with Crippen LogP contribution < -0.4 is 5.32 Å². The normalized spacial score (nSPS) is 41.6. The molecule has 1 amide bonds. The van der Waals surface area contributed by atoms with Crippen LogP contribution in [0.4, 0.5) is 4.79 Å². The minimum atomic E-state index is -0.287. The van der Waals surface area contributed by atoms with Crippen molar-refractivity contribution >= 4 is 6.09 Å². The van der Waals surface area contributed by atoms with E-state index in [-0.39, 0.29) is 17.6 Å². The number of carbonyl (C=O) groups excluding carboxylic acids is 1. The summed E-state index contributed by atoms with van der Waals surface area (Å²) >= 11 is 0. The third-order valence-electron chi connectivity index (χ3n) is 5.17. The number of fused-ring (bicyclic) bond motifs is 2. The summed E-state index contributed by atoms with van der Waals surface area (Å²) in [5.74, 6) is 0.720. The molecule has 0 heterocycles. The Labute approximate surface area is 91.6 Å². The molecule has 0 aromatic carbocycles. The second-order valence-electron chi connectivity index (χ2n) is 5.75. The molecule has 3 nitrogen and oxygen atoms in total. The van der Waals surface area contributed by atoms with E-state index < -0.39 is 0 Å². The molecule has 0 saturated heterocycles. The molecule has 2 fully saturated rings. The summed E-state index contributed by atoms with van der Waals surface area (Å²) in [5.41, 5.74) is 0.482. The van der Waals surface area contributed by atoms with Crippen molar-refractivity contribution in [1.82, 2.24) is 5.32 Å². The quantitative estimate of drug-likeness (QED) is 0.724. The first kappa shape index (κ1) is 10.8. The van der Waals surface area contributed by atoms with Gasteiger partial charge < -0.3 is 10.1 Å². The van der Waals surface area contributed by atoms with E-state index in [9.17, 15) is 4.79 Å². The average molecular weight is 211 g/mol. The molecule has 2 saturated carbocycles. The zero-order chi connectivity index (χ0) is 11.3. The Bertz CT molecular complexity index is 287. The van der Waals surface area contributed by atoms with Crippen LogP contribution in [0.5, 0.6) is 0 Å². The second kappa shape index (κ2) is 3.13. The van der Waals surface area contributed by atoms with E-state index >= 15 is 0 Å². The smallest absolute Gasteiger partial charge is 0.407 e. The highest BCUT2D eigenvalue weighted by molar-refractivity contribution is 5.67. The third kappa shape index (κ3) is 1.28. The highest BCUT2D eigenvalue weighted by atomic mass is 16.6. The summed E-state index contributed by atoms with van der Waals surface area (Å²) < 4.78 is 5.48. The lowest BCUT2D eigenvalue weighted by Gasteiger charge is -2.38. The number of rotatable bonds is 1. The summed E-state index contributed by atoms with van der Waals surface area (Å²) in [6.45, 7) is 6.91. The van der Waals surface area contributed by atoms with Crippen LogP contribution in [0.25, 0.3) is 0 Å². The van der Waals surface area contributed by atoms with E-state index in [0.29, 0.717) is 5.41 Å². The SMILES string of the molecule is CNC(=O)O[C@@H]1C[C@@H]2CC[C@@]1(C)C2(C)C. The molecule has 2 aliphatic carbocycles. The molecular weight excluding hydrogens is 190 g/mol. The molecule has 3 atom stereocenters. The van der Waals surface area contributed by atoms with Crippen LogP contribution in [0, 0.1) is 16.7 Å². The molecule has 0 aromatic heterocycles. The first-order valence-corrected chi connectivity index (χ1v) is 5.80. The Morgan fingerprint density at radius 2 is 2.07 bits per heavy atom. The van der Waals surface area contributed by atoms with Gasteiger partial charge in [0.1, 0.15) is 6.10 Å². The maximum atomic E-state index is 11.3. The Morgan fingerprint density at radius 3 is 2.47 bits per heavy atom. The Balaban J connectivity index is 2.15. The maximum absolute atomic E-state index is 11.3. The maximum Gasteiger partial charge on any atom is 0.407 e. The van der Waals surface area contributed by atoms with Crippen LogP contribution in [0.1, 0.15) is 40.0 Å². The molecule has 2 aliphatic rings. The van der Waals surface area contributed by atoms with Gasteiger partial charge in [-0.3, -0.25) is 0 Å². The number of alkyl carbamates (subject to hydrolysis) is 1. The van der Waals surface area contributed by atoms with Gasteiger partial charge in [-0.05, 0) is 30.6 Å². The number of amides is 1. The van der Waals surface area contributed by atoms with Crippen molar-refractivity contribution in [2.45, 2.75) is 46.1 Å². The van der Waals surface area contributed by atoms with Crippen molar-refractivity contribution in [2.75, 3.05) is 7.05 Å². The van der Waals surface area contributed by atoms with Gasteiger partial charge in [0.25, 0.3) is 0 Å². The van der Waals surface area contributed by atoms with Crippen LogP contribution in [-0.4, -0.2) is 19.2 Å². The molecule has 0 spiro atoms.